The Labute approximate surface area is 94.0 Å². The van der Waals surface area contributed by atoms with Crippen molar-refractivity contribution in [2.24, 2.45) is 7.05 Å². The van der Waals surface area contributed by atoms with Gasteiger partial charge < -0.3 is 0 Å². The molecule has 0 amide bonds. The third-order valence-electron chi connectivity index (χ3n) is 3.21. The fourth-order valence-electron chi connectivity index (χ4n) is 1.97. The lowest BCUT2D eigenvalue weighted by molar-refractivity contribution is 0.823. The summed E-state index contributed by atoms with van der Waals surface area (Å²) in [5, 5.41) is 0.991. The first-order valence-corrected chi connectivity index (χ1v) is 5.24. The summed E-state index contributed by atoms with van der Waals surface area (Å²) in [4.78, 5) is 20.1. The first-order chi connectivity index (χ1) is 7.43. The molecule has 2 heterocycles. The highest BCUT2D eigenvalue weighted by atomic mass is 16.1. The number of aromatic nitrogens is 3. The summed E-state index contributed by atoms with van der Waals surface area (Å²) in [7, 11) is 1.71. The van der Waals surface area contributed by atoms with Crippen LogP contribution in [0.15, 0.2) is 4.79 Å². The van der Waals surface area contributed by atoms with Gasteiger partial charge in [0.1, 0.15) is 5.65 Å². The van der Waals surface area contributed by atoms with Gasteiger partial charge in [-0.2, -0.15) is 4.98 Å². The third-order valence-corrected chi connectivity index (χ3v) is 3.21. The Hall–Kier alpha value is -1.71. The van der Waals surface area contributed by atoms with Crippen LogP contribution in [0.1, 0.15) is 22.5 Å². The first-order valence-electron chi connectivity index (χ1n) is 5.24. The number of pyridine rings is 1. The summed E-state index contributed by atoms with van der Waals surface area (Å²) in [6.45, 7) is 7.91. The van der Waals surface area contributed by atoms with E-state index in [1.165, 1.54) is 4.57 Å². The lowest BCUT2D eigenvalue weighted by atomic mass is 10.0. The van der Waals surface area contributed by atoms with Crippen molar-refractivity contribution in [2.45, 2.75) is 27.7 Å². The zero-order valence-electron chi connectivity index (χ0n) is 10.2. The lowest BCUT2D eigenvalue weighted by Crippen LogP contribution is -2.22. The van der Waals surface area contributed by atoms with Crippen LogP contribution in [0.5, 0.6) is 0 Å². The highest BCUT2D eigenvalue weighted by molar-refractivity contribution is 5.82. The quantitative estimate of drug-likeness (QED) is 0.673. The Bertz CT molecular complexity index is 641. The highest BCUT2D eigenvalue weighted by Crippen LogP contribution is 2.22. The molecule has 0 radical (unpaired) electrons. The van der Waals surface area contributed by atoms with Gasteiger partial charge in [0.05, 0.1) is 5.69 Å². The Morgan fingerprint density at radius 2 is 1.56 bits per heavy atom. The predicted octanol–water partition coefficient (Wildman–Crippen LogP) is 1.56. The van der Waals surface area contributed by atoms with Crippen molar-refractivity contribution < 1.29 is 0 Å². The average molecular weight is 217 g/mol. The number of hydrogen-bond acceptors (Lipinski definition) is 3. The Balaban J connectivity index is 3.13. The molecule has 0 aliphatic rings. The molecule has 0 aliphatic heterocycles. The van der Waals surface area contributed by atoms with Crippen LogP contribution in [0.3, 0.4) is 0 Å². The maximum Gasteiger partial charge on any atom is 0.349 e. The van der Waals surface area contributed by atoms with Gasteiger partial charge in [-0.05, 0) is 38.8 Å². The molecule has 4 nitrogen and oxygen atoms in total. The van der Waals surface area contributed by atoms with E-state index < -0.39 is 0 Å². The van der Waals surface area contributed by atoms with Crippen molar-refractivity contribution in [2.75, 3.05) is 0 Å². The Morgan fingerprint density at radius 3 is 2.19 bits per heavy atom. The van der Waals surface area contributed by atoms with Crippen LogP contribution >= 0.6 is 0 Å². The number of rotatable bonds is 0. The van der Waals surface area contributed by atoms with Crippen molar-refractivity contribution >= 4 is 11.0 Å². The van der Waals surface area contributed by atoms with Crippen molar-refractivity contribution in [3.8, 4) is 0 Å². The normalized spacial score (nSPS) is 11.1. The standard InChI is InChI=1S/C12H15N3O/c1-6-7(2)10-9(4)14-12(16)15(5)11(10)13-8(6)3/h1-5H3. The van der Waals surface area contributed by atoms with Gasteiger partial charge in [0, 0.05) is 18.1 Å². The molecule has 0 aromatic carbocycles. The molecule has 84 valence electrons. The maximum absolute atomic E-state index is 11.6. The minimum absolute atomic E-state index is 0.250. The molecule has 2 aromatic rings. The molecule has 0 saturated heterocycles. The van der Waals surface area contributed by atoms with Crippen LogP contribution in [0.25, 0.3) is 11.0 Å². The average Bonchev–Trinajstić information content (AvgIpc) is 2.22. The second-order valence-electron chi connectivity index (χ2n) is 4.18. The number of hydrogen-bond donors (Lipinski definition) is 0. The zero-order chi connectivity index (χ0) is 12.0. The molecule has 4 heteroatoms. The van der Waals surface area contributed by atoms with Gasteiger partial charge in [0.25, 0.3) is 0 Å². The van der Waals surface area contributed by atoms with Crippen molar-refractivity contribution in [1.29, 1.82) is 0 Å². The number of aryl methyl sites for hydroxylation is 4. The first kappa shape index (κ1) is 10.8. The van der Waals surface area contributed by atoms with Crippen molar-refractivity contribution in [3.05, 3.63) is 33.0 Å². The van der Waals surface area contributed by atoms with E-state index in [0.29, 0.717) is 0 Å². The van der Waals surface area contributed by atoms with Gasteiger partial charge in [-0.25, -0.2) is 9.78 Å². The van der Waals surface area contributed by atoms with Crippen LogP contribution in [0, 0.1) is 27.7 Å². The van der Waals surface area contributed by atoms with E-state index in [0.717, 1.165) is 33.5 Å². The van der Waals surface area contributed by atoms with Crippen molar-refractivity contribution in [3.63, 3.8) is 0 Å². The maximum atomic E-state index is 11.6. The van der Waals surface area contributed by atoms with Gasteiger partial charge in [-0.1, -0.05) is 0 Å². The summed E-state index contributed by atoms with van der Waals surface area (Å²) < 4.78 is 1.50. The monoisotopic (exact) mass is 217 g/mol. The summed E-state index contributed by atoms with van der Waals surface area (Å²) >= 11 is 0. The SMILES string of the molecule is Cc1nc2c(c(C)nc(=O)n2C)c(C)c1C. The van der Waals surface area contributed by atoms with E-state index in [1.807, 2.05) is 27.7 Å². The summed E-state index contributed by atoms with van der Waals surface area (Å²) in [6, 6.07) is 0. The molecule has 16 heavy (non-hydrogen) atoms. The van der Waals surface area contributed by atoms with Gasteiger partial charge in [0.2, 0.25) is 0 Å². The molecule has 0 saturated carbocycles. The second-order valence-corrected chi connectivity index (χ2v) is 4.18. The number of fused-ring (bicyclic) bond motifs is 1. The smallest absolute Gasteiger partial charge is 0.279 e. The van der Waals surface area contributed by atoms with Crippen LogP contribution in [-0.4, -0.2) is 14.5 Å². The molecule has 0 aliphatic carbocycles. The molecule has 0 bridgehead atoms. The molecular formula is C12H15N3O. The van der Waals surface area contributed by atoms with Gasteiger partial charge >= 0.3 is 5.69 Å². The van der Waals surface area contributed by atoms with Gasteiger partial charge in [-0.15, -0.1) is 0 Å². The summed E-state index contributed by atoms with van der Waals surface area (Å²) in [6.07, 6.45) is 0. The van der Waals surface area contributed by atoms with Crippen molar-refractivity contribution in [1.82, 2.24) is 14.5 Å². The third kappa shape index (κ3) is 1.33. The van der Waals surface area contributed by atoms with E-state index >= 15 is 0 Å². The molecule has 0 spiro atoms. The van der Waals surface area contributed by atoms with Gasteiger partial charge in [0.15, 0.2) is 0 Å². The second kappa shape index (κ2) is 3.40. The fourth-order valence-corrected chi connectivity index (χ4v) is 1.97. The van der Waals surface area contributed by atoms with E-state index in [4.69, 9.17) is 0 Å². The molecule has 2 rings (SSSR count). The molecule has 0 N–H and O–H groups in total. The minimum Gasteiger partial charge on any atom is -0.279 e. The summed E-state index contributed by atoms with van der Waals surface area (Å²) in [5.41, 5.74) is 4.51. The Morgan fingerprint density at radius 1 is 0.938 bits per heavy atom. The molecule has 0 atom stereocenters. The Kier molecular flexibility index (Phi) is 2.30. The molecule has 2 aromatic heterocycles. The molecular weight excluding hydrogens is 202 g/mol. The summed E-state index contributed by atoms with van der Waals surface area (Å²) in [5.74, 6) is 0. The highest BCUT2D eigenvalue weighted by Gasteiger charge is 2.12. The molecule has 0 fully saturated rings. The van der Waals surface area contributed by atoms with Crippen LogP contribution < -0.4 is 5.69 Å². The lowest BCUT2D eigenvalue weighted by Gasteiger charge is -2.12. The van der Waals surface area contributed by atoms with Crippen LogP contribution in [-0.2, 0) is 7.05 Å². The largest absolute Gasteiger partial charge is 0.349 e. The van der Waals surface area contributed by atoms with E-state index in [9.17, 15) is 4.79 Å². The zero-order valence-corrected chi connectivity index (χ0v) is 10.2. The topological polar surface area (TPSA) is 47.8 Å². The van der Waals surface area contributed by atoms with Crippen LogP contribution in [0.2, 0.25) is 0 Å². The van der Waals surface area contributed by atoms with E-state index in [-0.39, 0.29) is 5.69 Å². The number of nitrogens with zero attached hydrogens (tertiary/aromatic N) is 3. The van der Waals surface area contributed by atoms with Gasteiger partial charge in [-0.3, -0.25) is 4.57 Å². The van der Waals surface area contributed by atoms with Crippen LogP contribution in [0.4, 0.5) is 0 Å². The fraction of sp³-hybridized carbons (Fsp3) is 0.417. The van der Waals surface area contributed by atoms with E-state index in [2.05, 4.69) is 9.97 Å². The van der Waals surface area contributed by atoms with E-state index in [1.54, 1.807) is 7.05 Å². The predicted molar refractivity (Wildman–Crippen MR) is 63.7 cm³/mol. The minimum atomic E-state index is -0.250. The molecule has 0 unspecified atom stereocenters.